The highest BCUT2D eigenvalue weighted by Gasteiger charge is 2.44. The van der Waals surface area contributed by atoms with E-state index in [1.54, 1.807) is 26.2 Å². The molecule has 28 heteroatoms. The molecule has 0 aliphatic carbocycles. The van der Waals surface area contributed by atoms with E-state index in [1.165, 1.54) is 32.9 Å². The fourth-order valence-corrected chi connectivity index (χ4v) is 13.8. The number of sulfonamides is 2. The van der Waals surface area contributed by atoms with Gasteiger partial charge in [-0.1, -0.05) is 88.4 Å². The largest absolute Gasteiger partial charge is 0.442 e. The molecule has 0 spiro atoms. The monoisotopic (exact) mass is 1230 g/mol. The average Bonchev–Trinajstić information content (AvgIpc) is 2.24. The number of ether oxygens (including phenoxy) is 6. The van der Waals surface area contributed by atoms with Crippen molar-refractivity contribution in [2.24, 2.45) is 11.8 Å². The Morgan fingerprint density at radius 2 is 0.988 bits per heavy atom. The van der Waals surface area contributed by atoms with Gasteiger partial charge in [0.15, 0.2) is 23.7 Å². The van der Waals surface area contributed by atoms with Crippen molar-refractivity contribution < 1.29 is 73.9 Å². The predicted molar refractivity (Wildman–Crippen MR) is 316 cm³/mol. The zero-order chi connectivity index (χ0) is 61.1. The molecule has 2 amide bonds. The van der Waals surface area contributed by atoms with Crippen molar-refractivity contribution in [2.45, 2.75) is 111 Å². The van der Waals surface area contributed by atoms with E-state index in [1.807, 2.05) is 88.4 Å². The number of fused-ring (bicyclic) bond motifs is 4. The second-order valence-electron chi connectivity index (χ2n) is 22.2. The molecule has 26 nitrogen and oxygen atoms in total. The lowest BCUT2D eigenvalue weighted by molar-refractivity contribution is -0.137. The van der Waals surface area contributed by atoms with E-state index in [0.717, 1.165) is 11.1 Å². The molecule has 0 saturated carbocycles. The standard InChI is InChI=1S/2C29H39N5O8S/c2*1-18(2)15-34(43(37,38)20-9-10-21-24(14-20)41-28(30-3)32-21)16-23(35)22(13-19-7-5-4-6-8-19)33-29(36)42-25-17-40-27-26(25)31-11-12-39-27/h2*4-10,14,18,22-23,25-27,31,35H,11-13,15-17H2,1-3H3,(H,30,32)(H,33,36)/t22-,23+,25+,26+,27-;22-,23+,25-,26-,27+/m00/s1. The molecule has 4 aromatic carbocycles. The van der Waals surface area contributed by atoms with E-state index < -0.39 is 81.3 Å². The summed E-state index contributed by atoms with van der Waals surface area (Å²) in [5.41, 5.74) is 3.37. The number of aliphatic hydroxyl groups excluding tert-OH is 2. The number of rotatable bonds is 24. The molecule has 4 aliphatic heterocycles. The Hall–Kier alpha value is -6.54. The summed E-state index contributed by atoms with van der Waals surface area (Å²) < 4.78 is 103. The molecule has 8 N–H and O–H groups in total. The number of nitrogens with one attached hydrogen (secondary N) is 6. The molecule has 6 aromatic rings. The smallest absolute Gasteiger partial charge is 0.407 e. The quantitative estimate of drug-likeness (QED) is 0.0427. The summed E-state index contributed by atoms with van der Waals surface area (Å²) in [6, 6.07) is 25.8. The first-order valence-corrected chi connectivity index (χ1v) is 31.6. The molecule has 6 heterocycles. The molecule has 2 aromatic heterocycles. The maximum Gasteiger partial charge on any atom is 0.407 e. The molecule has 0 bridgehead atoms. The fraction of sp³-hybridized carbons (Fsp3) is 0.517. The lowest BCUT2D eigenvalue weighted by Crippen LogP contribution is -2.54. The van der Waals surface area contributed by atoms with Crippen LogP contribution in [0.15, 0.2) is 116 Å². The second-order valence-corrected chi connectivity index (χ2v) is 26.1. The number of carbonyl (C=O) groups excluding carboxylic acids is 2. The Bertz CT molecular complexity index is 3190. The minimum absolute atomic E-state index is 0.0108. The van der Waals surface area contributed by atoms with E-state index in [-0.39, 0.29) is 98.0 Å². The van der Waals surface area contributed by atoms with Crippen LogP contribution in [0.5, 0.6) is 0 Å². The van der Waals surface area contributed by atoms with Gasteiger partial charge in [-0.3, -0.25) is 0 Å². The second kappa shape index (κ2) is 29.0. The predicted octanol–water partition coefficient (Wildman–Crippen LogP) is 3.86. The molecule has 86 heavy (non-hydrogen) atoms. The zero-order valence-electron chi connectivity index (χ0n) is 48.9. The van der Waals surface area contributed by atoms with E-state index in [2.05, 4.69) is 41.9 Å². The van der Waals surface area contributed by atoms with Gasteiger partial charge in [0.1, 0.15) is 23.2 Å². The number of amides is 2. The summed E-state index contributed by atoms with van der Waals surface area (Å²) >= 11 is 0. The van der Waals surface area contributed by atoms with Crippen molar-refractivity contribution in [2.75, 3.05) is 90.4 Å². The first-order valence-electron chi connectivity index (χ1n) is 28.8. The van der Waals surface area contributed by atoms with Gasteiger partial charge in [0.05, 0.1) is 72.6 Å². The van der Waals surface area contributed by atoms with Crippen molar-refractivity contribution in [1.82, 2.24) is 39.8 Å². The number of aromatic nitrogens is 2. The minimum Gasteiger partial charge on any atom is -0.442 e. The lowest BCUT2D eigenvalue weighted by atomic mass is 10.0. The summed E-state index contributed by atoms with van der Waals surface area (Å²) in [6.45, 7) is 9.92. The highest BCUT2D eigenvalue weighted by atomic mass is 32.2. The molecule has 0 unspecified atom stereocenters. The molecule has 4 fully saturated rings. The maximum absolute atomic E-state index is 13.9. The van der Waals surface area contributed by atoms with Gasteiger partial charge >= 0.3 is 12.2 Å². The van der Waals surface area contributed by atoms with Crippen LogP contribution in [0.1, 0.15) is 38.8 Å². The third-order valence-electron chi connectivity index (χ3n) is 14.8. The van der Waals surface area contributed by atoms with Gasteiger partial charge in [-0.05, 0) is 60.1 Å². The third-order valence-corrected chi connectivity index (χ3v) is 18.4. The first kappa shape index (κ1) is 63.9. The van der Waals surface area contributed by atoms with Gasteiger partial charge in [-0.2, -0.15) is 18.6 Å². The van der Waals surface area contributed by atoms with Crippen molar-refractivity contribution in [1.29, 1.82) is 0 Å². The van der Waals surface area contributed by atoms with Gasteiger partial charge in [0, 0.05) is 65.5 Å². The van der Waals surface area contributed by atoms with Crippen molar-refractivity contribution in [3.63, 3.8) is 0 Å². The summed E-state index contributed by atoms with van der Waals surface area (Å²) in [6.07, 6.45) is -5.66. The molecule has 0 radical (unpaired) electrons. The fourth-order valence-electron chi connectivity index (χ4n) is 10.5. The number of morpholine rings is 2. The number of oxazole rings is 2. The normalized spacial score (nSPS) is 22.0. The molecule has 4 aliphatic rings. The molecule has 468 valence electrons. The third kappa shape index (κ3) is 16.1. The van der Waals surface area contributed by atoms with Crippen LogP contribution in [0.2, 0.25) is 0 Å². The van der Waals surface area contributed by atoms with Crippen LogP contribution >= 0.6 is 0 Å². The summed E-state index contributed by atoms with van der Waals surface area (Å²) in [4.78, 5) is 34.7. The highest BCUT2D eigenvalue weighted by Crippen LogP contribution is 2.29. The SMILES string of the molecule is CNc1nc2ccc(S(=O)(=O)N(CC(C)C)C[C@@H](O)[C@H](Cc3ccccc3)NC(=O)O[C@@H]3CO[C@@H]4OCCN[C@@H]43)cc2o1.CNc1nc2ccc(S(=O)(=O)N(CC(C)C)C[C@@H](O)[C@H](Cc3ccccc3)NC(=O)O[C@H]3CO[C@H]4OCCN[C@H]43)cc2o1. The molecular formula is C58H78N10O16S2. The van der Waals surface area contributed by atoms with Crippen LogP contribution in [0.25, 0.3) is 22.2 Å². The number of hydrogen-bond acceptors (Lipinski definition) is 22. The van der Waals surface area contributed by atoms with Crippen molar-refractivity contribution in [3.05, 3.63) is 108 Å². The van der Waals surface area contributed by atoms with E-state index in [0.29, 0.717) is 48.5 Å². The zero-order valence-corrected chi connectivity index (χ0v) is 50.5. The van der Waals surface area contributed by atoms with Gasteiger partial charge in [0.25, 0.3) is 12.0 Å². The van der Waals surface area contributed by atoms with Crippen LogP contribution in [0, 0.1) is 11.8 Å². The first-order chi connectivity index (χ1) is 41.3. The van der Waals surface area contributed by atoms with Gasteiger partial charge in [0.2, 0.25) is 20.0 Å². The topological polar surface area (TPSA) is 329 Å². The Balaban J connectivity index is 0.000000205. The van der Waals surface area contributed by atoms with E-state index in [9.17, 15) is 36.6 Å². The summed E-state index contributed by atoms with van der Waals surface area (Å²) in [5.74, 6) is -0.0872. The van der Waals surface area contributed by atoms with Crippen LogP contribution in [-0.2, 0) is 61.3 Å². The van der Waals surface area contributed by atoms with Crippen LogP contribution in [0.4, 0.5) is 21.6 Å². The molecular weight excluding hydrogens is 1160 g/mol. The van der Waals surface area contributed by atoms with Crippen molar-refractivity contribution >= 4 is 66.5 Å². The molecule has 10 atom stereocenters. The minimum atomic E-state index is -4.06. The van der Waals surface area contributed by atoms with Crippen LogP contribution in [-0.4, -0.2) is 199 Å². The number of nitrogens with zero attached hydrogens (tertiary/aromatic N) is 4. The van der Waals surface area contributed by atoms with Gasteiger partial charge in [-0.25, -0.2) is 26.4 Å². The number of benzene rings is 4. The van der Waals surface area contributed by atoms with E-state index >= 15 is 0 Å². The average molecular weight is 1240 g/mol. The summed E-state index contributed by atoms with van der Waals surface area (Å²) in [7, 11) is -4.82. The summed E-state index contributed by atoms with van der Waals surface area (Å²) in [5, 5.41) is 40.7. The Morgan fingerprint density at radius 1 is 0.593 bits per heavy atom. The lowest BCUT2D eigenvalue weighted by Gasteiger charge is -2.31. The maximum atomic E-state index is 13.9. The Morgan fingerprint density at radius 3 is 1.36 bits per heavy atom. The van der Waals surface area contributed by atoms with Gasteiger partial charge in [-0.15, -0.1) is 0 Å². The van der Waals surface area contributed by atoms with Gasteiger partial charge < -0.3 is 79.4 Å². The number of alkyl carbamates (subject to hydrolysis) is 2. The van der Waals surface area contributed by atoms with E-state index in [4.69, 9.17) is 37.3 Å². The van der Waals surface area contributed by atoms with Crippen LogP contribution in [0.3, 0.4) is 0 Å². The highest BCUT2D eigenvalue weighted by molar-refractivity contribution is 7.89. The molecule has 4 saturated heterocycles. The number of hydrogen-bond donors (Lipinski definition) is 8. The van der Waals surface area contributed by atoms with Crippen molar-refractivity contribution in [3.8, 4) is 0 Å². The Kier molecular flexibility index (Phi) is 21.5. The molecule has 10 rings (SSSR count). The Labute approximate surface area is 500 Å². The van der Waals surface area contributed by atoms with Crippen LogP contribution < -0.4 is 31.9 Å². The number of aliphatic hydroxyl groups is 2. The number of anilines is 2. The number of carbonyl (C=O) groups is 2.